The summed E-state index contributed by atoms with van der Waals surface area (Å²) in [6.07, 6.45) is 0. The van der Waals surface area contributed by atoms with Crippen LogP contribution in [0, 0.1) is 6.92 Å². The van der Waals surface area contributed by atoms with E-state index in [-0.39, 0.29) is 0 Å². The van der Waals surface area contributed by atoms with Gasteiger partial charge in [-0.25, -0.2) is 0 Å². The average Bonchev–Trinajstić information content (AvgIpc) is 2.46. The largest absolute Gasteiger partial charge is 0.369 e. The lowest BCUT2D eigenvalue weighted by Crippen LogP contribution is -2.17. The maximum atomic E-state index is 6.45. The molecule has 0 aliphatic rings. The van der Waals surface area contributed by atoms with Crippen LogP contribution in [0.15, 0.2) is 42.5 Å². The van der Waals surface area contributed by atoms with Gasteiger partial charge in [0.25, 0.3) is 0 Å². The van der Waals surface area contributed by atoms with Gasteiger partial charge in [0.15, 0.2) is 0 Å². The second-order valence-corrected chi connectivity index (χ2v) is 5.97. The van der Waals surface area contributed by atoms with Gasteiger partial charge in [-0.2, -0.15) is 0 Å². The molecule has 0 aliphatic carbocycles. The van der Waals surface area contributed by atoms with Crippen molar-refractivity contribution in [3.8, 4) is 0 Å². The van der Waals surface area contributed by atoms with Crippen LogP contribution in [0.5, 0.6) is 0 Å². The lowest BCUT2D eigenvalue weighted by atomic mass is 10.1. The summed E-state index contributed by atoms with van der Waals surface area (Å²) in [6, 6.07) is 15.2. The van der Waals surface area contributed by atoms with Crippen molar-refractivity contribution in [2.45, 2.75) is 26.4 Å². The first kappa shape index (κ1) is 15.9. The molecule has 2 aromatic carbocycles. The Labute approximate surface area is 132 Å². The Morgan fingerprint density at radius 2 is 1.95 bits per heavy atom. The summed E-state index contributed by atoms with van der Waals surface area (Å²) in [5.74, 6) is 0. The fourth-order valence-electron chi connectivity index (χ4n) is 2.44. The molecule has 0 saturated heterocycles. The molecule has 2 aromatic rings. The molecule has 1 unspecified atom stereocenters. The van der Waals surface area contributed by atoms with Crippen LogP contribution in [0.4, 0.5) is 5.69 Å². The van der Waals surface area contributed by atoms with Crippen LogP contribution in [-0.4, -0.2) is 14.1 Å². The van der Waals surface area contributed by atoms with Gasteiger partial charge in [-0.3, -0.25) is 0 Å². The molecule has 0 fully saturated rings. The molecule has 0 amide bonds. The Bertz CT molecular complexity index is 610. The van der Waals surface area contributed by atoms with Gasteiger partial charge in [0.05, 0.1) is 10.7 Å². The van der Waals surface area contributed by atoms with E-state index in [1.807, 2.05) is 13.1 Å². The summed E-state index contributed by atoms with van der Waals surface area (Å²) >= 11 is 6.45. The summed E-state index contributed by atoms with van der Waals surface area (Å²) in [7, 11) is 4.03. The van der Waals surface area contributed by atoms with E-state index in [1.165, 1.54) is 16.7 Å². The van der Waals surface area contributed by atoms with E-state index >= 15 is 0 Å². The summed E-state index contributed by atoms with van der Waals surface area (Å²) in [4.78, 5) is 2.19. The maximum Gasteiger partial charge on any atom is 0.0642 e. The Hall–Kier alpha value is -1.51. The van der Waals surface area contributed by atoms with E-state index in [0.717, 1.165) is 17.3 Å². The summed E-state index contributed by atoms with van der Waals surface area (Å²) in [5.41, 5.74) is 4.84. The van der Waals surface area contributed by atoms with Crippen molar-refractivity contribution in [1.82, 2.24) is 5.32 Å². The average molecular weight is 303 g/mol. The van der Waals surface area contributed by atoms with Crippen LogP contribution >= 0.6 is 11.6 Å². The van der Waals surface area contributed by atoms with Gasteiger partial charge < -0.3 is 10.2 Å². The van der Waals surface area contributed by atoms with Crippen molar-refractivity contribution in [3.05, 3.63) is 64.2 Å². The highest BCUT2D eigenvalue weighted by molar-refractivity contribution is 6.33. The third kappa shape index (κ3) is 3.99. The zero-order chi connectivity index (χ0) is 15.4. The van der Waals surface area contributed by atoms with Crippen molar-refractivity contribution >= 4 is 17.3 Å². The molecule has 0 heterocycles. The number of benzene rings is 2. The van der Waals surface area contributed by atoms with Crippen LogP contribution in [0.25, 0.3) is 0 Å². The van der Waals surface area contributed by atoms with E-state index in [9.17, 15) is 0 Å². The van der Waals surface area contributed by atoms with E-state index in [1.54, 1.807) is 0 Å². The zero-order valence-electron chi connectivity index (χ0n) is 13.2. The van der Waals surface area contributed by atoms with Crippen molar-refractivity contribution in [1.29, 1.82) is 0 Å². The number of nitrogens with one attached hydrogen (secondary N) is 1. The third-order valence-corrected chi connectivity index (χ3v) is 4.12. The molecule has 0 saturated carbocycles. The zero-order valence-corrected chi connectivity index (χ0v) is 13.9. The second kappa shape index (κ2) is 6.97. The van der Waals surface area contributed by atoms with Gasteiger partial charge in [0, 0.05) is 19.6 Å². The molecule has 0 spiro atoms. The highest BCUT2D eigenvalue weighted by atomic mass is 35.5. The minimum Gasteiger partial charge on any atom is -0.369 e. The highest BCUT2D eigenvalue weighted by Gasteiger charge is 2.10. The Morgan fingerprint density at radius 3 is 2.57 bits per heavy atom. The fourth-order valence-corrected chi connectivity index (χ4v) is 2.77. The van der Waals surface area contributed by atoms with Gasteiger partial charge in [-0.15, -0.1) is 0 Å². The van der Waals surface area contributed by atoms with Crippen molar-refractivity contribution in [2.24, 2.45) is 0 Å². The van der Waals surface area contributed by atoms with Crippen molar-refractivity contribution in [2.75, 3.05) is 19.0 Å². The Morgan fingerprint density at radius 1 is 1.19 bits per heavy atom. The lowest BCUT2D eigenvalue weighted by Gasteiger charge is -2.22. The lowest BCUT2D eigenvalue weighted by molar-refractivity contribution is 0.652. The molecule has 0 aromatic heterocycles. The van der Waals surface area contributed by atoms with Crippen LogP contribution in [0.2, 0.25) is 5.02 Å². The van der Waals surface area contributed by atoms with Crippen molar-refractivity contribution in [3.63, 3.8) is 0 Å². The van der Waals surface area contributed by atoms with Gasteiger partial charge in [-0.05, 0) is 44.2 Å². The highest BCUT2D eigenvalue weighted by Crippen LogP contribution is 2.29. The van der Waals surface area contributed by atoms with Crippen LogP contribution in [-0.2, 0) is 6.54 Å². The molecule has 21 heavy (non-hydrogen) atoms. The van der Waals surface area contributed by atoms with E-state index in [4.69, 9.17) is 11.6 Å². The second-order valence-electron chi connectivity index (χ2n) is 5.57. The van der Waals surface area contributed by atoms with Gasteiger partial charge in [0.1, 0.15) is 0 Å². The topological polar surface area (TPSA) is 15.3 Å². The molecular formula is C18H23ClN2. The number of hydrogen-bond donors (Lipinski definition) is 1. The third-order valence-electron chi connectivity index (χ3n) is 3.82. The Balaban J connectivity index is 2.17. The minimum absolute atomic E-state index is 0.304. The predicted octanol–water partition coefficient (Wildman–Crippen LogP) is 4.57. The minimum atomic E-state index is 0.304. The summed E-state index contributed by atoms with van der Waals surface area (Å²) in [5, 5.41) is 4.03. The molecule has 112 valence electrons. The number of anilines is 1. The van der Waals surface area contributed by atoms with Crippen LogP contribution in [0.1, 0.15) is 29.7 Å². The van der Waals surface area contributed by atoms with Crippen molar-refractivity contribution < 1.29 is 0 Å². The normalized spacial score (nSPS) is 12.2. The summed E-state index contributed by atoms with van der Waals surface area (Å²) in [6.45, 7) is 5.09. The van der Waals surface area contributed by atoms with Gasteiger partial charge in [-0.1, -0.05) is 47.5 Å². The molecule has 0 aliphatic heterocycles. The molecule has 3 heteroatoms. The smallest absolute Gasteiger partial charge is 0.0642 e. The molecule has 0 radical (unpaired) electrons. The monoisotopic (exact) mass is 302 g/mol. The first-order chi connectivity index (χ1) is 10.0. The summed E-state index contributed by atoms with van der Waals surface area (Å²) < 4.78 is 0. The number of halogens is 1. The fraction of sp³-hybridized carbons (Fsp3) is 0.333. The standard InChI is InChI=1S/C18H23ClN2/c1-13-6-5-7-15(10-13)12-21(4)18-9-8-16(11-17(18)19)14(2)20-3/h5-11,14,20H,12H2,1-4H3. The molecule has 0 bridgehead atoms. The molecule has 1 N–H and O–H groups in total. The number of rotatable bonds is 5. The number of nitrogens with zero attached hydrogens (tertiary/aromatic N) is 1. The van der Waals surface area contributed by atoms with E-state index in [0.29, 0.717) is 6.04 Å². The first-order valence-corrected chi connectivity index (χ1v) is 7.62. The number of hydrogen-bond acceptors (Lipinski definition) is 2. The van der Waals surface area contributed by atoms with Gasteiger partial charge >= 0.3 is 0 Å². The predicted molar refractivity (Wildman–Crippen MR) is 92.2 cm³/mol. The quantitative estimate of drug-likeness (QED) is 0.870. The molecule has 1 atom stereocenters. The van der Waals surface area contributed by atoms with Gasteiger partial charge in [0.2, 0.25) is 0 Å². The maximum absolute atomic E-state index is 6.45. The SMILES string of the molecule is CNC(C)c1ccc(N(C)Cc2cccc(C)c2)c(Cl)c1. The molecule has 2 nitrogen and oxygen atoms in total. The van der Waals surface area contributed by atoms with E-state index in [2.05, 4.69) is 67.5 Å². The van der Waals surface area contributed by atoms with Crippen LogP contribution in [0.3, 0.4) is 0 Å². The van der Waals surface area contributed by atoms with Crippen LogP contribution < -0.4 is 10.2 Å². The molecular weight excluding hydrogens is 280 g/mol. The molecule has 2 rings (SSSR count). The van der Waals surface area contributed by atoms with E-state index < -0.39 is 0 Å². The number of aryl methyl sites for hydroxylation is 1. The first-order valence-electron chi connectivity index (χ1n) is 7.24. The Kier molecular flexibility index (Phi) is 5.27.